The Morgan fingerprint density at radius 3 is 2.73 bits per heavy atom. The fraction of sp³-hybridized carbons (Fsp3) is 0.222. The summed E-state index contributed by atoms with van der Waals surface area (Å²) in [6.45, 7) is 0. The van der Waals surface area contributed by atoms with E-state index < -0.39 is 11.0 Å². The summed E-state index contributed by atoms with van der Waals surface area (Å²) in [6.07, 6.45) is 0.540. The van der Waals surface area contributed by atoms with Gasteiger partial charge >= 0.3 is 0 Å². The van der Waals surface area contributed by atoms with Crippen molar-refractivity contribution in [2.24, 2.45) is 0 Å². The van der Waals surface area contributed by atoms with Crippen LogP contribution in [-0.2, 0) is 15.8 Å². The molecule has 5 nitrogen and oxygen atoms in total. The molecule has 0 saturated heterocycles. The number of hydrogen-bond donors (Lipinski definition) is 2. The van der Waals surface area contributed by atoms with Crippen LogP contribution in [0.15, 0.2) is 23.1 Å². The monoisotopic (exact) mass is 228 g/mol. The molecule has 82 valence electrons. The highest BCUT2D eigenvalue weighted by molar-refractivity contribution is 7.83. The third-order valence-electron chi connectivity index (χ3n) is 1.79. The standard InChI is InChI=1S/C9H12N2O3S/c1-10-15(13)9-5-7(14-2)3-4-8(9)11-6-12/h3-6,10H,1-2H3,(H,11,12). The Hall–Kier alpha value is -1.40. The van der Waals surface area contributed by atoms with E-state index in [0.717, 1.165) is 0 Å². The fourth-order valence-electron chi connectivity index (χ4n) is 1.08. The lowest BCUT2D eigenvalue weighted by Gasteiger charge is -2.09. The summed E-state index contributed by atoms with van der Waals surface area (Å²) in [6, 6.07) is 4.93. The molecule has 0 heterocycles. The number of carbonyl (C=O) groups excluding carboxylic acids is 1. The number of nitrogens with one attached hydrogen (secondary N) is 2. The van der Waals surface area contributed by atoms with Gasteiger partial charge in [-0.15, -0.1) is 0 Å². The molecule has 1 rings (SSSR count). The minimum absolute atomic E-state index is 0.476. The van der Waals surface area contributed by atoms with Crippen molar-refractivity contribution in [2.75, 3.05) is 19.5 Å². The smallest absolute Gasteiger partial charge is 0.211 e. The van der Waals surface area contributed by atoms with E-state index in [1.807, 2.05) is 0 Å². The first-order valence-corrected chi connectivity index (χ1v) is 5.35. The van der Waals surface area contributed by atoms with Gasteiger partial charge in [0.25, 0.3) is 0 Å². The first kappa shape index (κ1) is 11.7. The van der Waals surface area contributed by atoms with E-state index in [1.165, 1.54) is 7.11 Å². The van der Waals surface area contributed by atoms with Gasteiger partial charge in [0, 0.05) is 0 Å². The summed E-state index contributed by atoms with van der Waals surface area (Å²) in [7, 11) is 1.73. The Labute approximate surface area is 90.4 Å². The van der Waals surface area contributed by atoms with Crippen molar-refractivity contribution in [3.8, 4) is 5.75 Å². The summed E-state index contributed by atoms with van der Waals surface area (Å²) in [5.74, 6) is 0.588. The van der Waals surface area contributed by atoms with E-state index in [-0.39, 0.29) is 0 Å². The van der Waals surface area contributed by atoms with Crippen LogP contribution in [0.1, 0.15) is 0 Å². The Bertz CT molecular complexity index is 382. The van der Waals surface area contributed by atoms with Crippen molar-refractivity contribution < 1.29 is 13.7 Å². The van der Waals surface area contributed by atoms with Crippen LogP contribution < -0.4 is 14.8 Å². The molecule has 1 unspecified atom stereocenters. The highest BCUT2D eigenvalue weighted by Gasteiger charge is 2.09. The van der Waals surface area contributed by atoms with Crippen molar-refractivity contribution in [3.05, 3.63) is 18.2 Å². The number of methoxy groups -OCH3 is 1. The van der Waals surface area contributed by atoms with Crippen molar-refractivity contribution in [1.82, 2.24) is 4.72 Å². The summed E-state index contributed by atoms with van der Waals surface area (Å²) >= 11 is 0. The molecule has 0 saturated carbocycles. The molecular weight excluding hydrogens is 216 g/mol. The SMILES string of the molecule is CNS(=O)c1cc(OC)ccc1NC=O. The van der Waals surface area contributed by atoms with Gasteiger partial charge in [-0.05, 0) is 25.2 Å². The summed E-state index contributed by atoms with van der Waals surface area (Å²) in [5.41, 5.74) is 0.499. The zero-order chi connectivity index (χ0) is 11.3. The third-order valence-corrected chi connectivity index (χ3v) is 2.90. The fourth-order valence-corrected chi connectivity index (χ4v) is 1.85. The maximum absolute atomic E-state index is 11.6. The van der Waals surface area contributed by atoms with Gasteiger partial charge in [-0.25, -0.2) is 8.93 Å². The number of hydrogen-bond acceptors (Lipinski definition) is 3. The molecule has 2 N–H and O–H groups in total. The van der Waals surface area contributed by atoms with Gasteiger partial charge in [-0.1, -0.05) is 0 Å². The maximum atomic E-state index is 11.6. The molecule has 1 aromatic rings. The molecule has 0 radical (unpaired) electrons. The van der Waals surface area contributed by atoms with Crippen molar-refractivity contribution in [2.45, 2.75) is 4.90 Å². The molecule has 15 heavy (non-hydrogen) atoms. The largest absolute Gasteiger partial charge is 0.497 e. The van der Waals surface area contributed by atoms with Gasteiger partial charge in [-0.3, -0.25) is 4.79 Å². The van der Waals surface area contributed by atoms with Crippen LogP contribution in [0.3, 0.4) is 0 Å². The second-order valence-electron chi connectivity index (χ2n) is 2.60. The molecular formula is C9H12N2O3S. The number of amides is 1. The van der Waals surface area contributed by atoms with Crippen LogP contribution in [0, 0.1) is 0 Å². The number of ether oxygens (including phenoxy) is 1. The molecule has 1 amide bonds. The summed E-state index contributed by atoms with van der Waals surface area (Å²) in [4.78, 5) is 10.8. The zero-order valence-electron chi connectivity index (χ0n) is 8.44. The molecule has 0 spiro atoms. The van der Waals surface area contributed by atoms with E-state index in [4.69, 9.17) is 4.74 Å². The Kier molecular flexibility index (Phi) is 4.26. The van der Waals surface area contributed by atoms with E-state index in [2.05, 4.69) is 10.0 Å². The zero-order valence-corrected chi connectivity index (χ0v) is 9.26. The van der Waals surface area contributed by atoms with Gasteiger partial charge in [0.15, 0.2) is 0 Å². The number of anilines is 1. The first-order chi connectivity index (χ1) is 7.22. The van der Waals surface area contributed by atoms with E-state index in [9.17, 15) is 9.00 Å². The third kappa shape index (κ3) is 2.77. The van der Waals surface area contributed by atoms with Crippen LogP contribution in [-0.4, -0.2) is 24.8 Å². The maximum Gasteiger partial charge on any atom is 0.211 e. The topological polar surface area (TPSA) is 67.4 Å². The van der Waals surface area contributed by atoms with Crippen LogP contribution in [0.25, 0.3) is 0 Å². The summed E-state index contributed by atoms with van der Waals surface area (Å²) in [5, 5.41) is 2.47. The highest BCUT2D eigenvalue weighted by atomic mass is 32.2. The normalized spacial score (nSPS) is 11.9. The molecule has 1 atom stereocenters. The second kappa shape index (κ2) is 5.47. The molecule has 0 aliphatic heterocycles. The minimum atomic E-state index is -1.37. The van der Waals surface area contributed by atoms with Crippen molar-refractivity contribution in [1.29, 1.82) is 0 Å². The van der Waals surface area contributed by atoms with Crippen molar-refractivity contribution in [3.63, 3.8) is 0 Å². The molecule has 0 aliphatic rings. The quantitative estimate of drug-likeness (QED) is 0.721. The molecule has 0 aromatic heterocycles. The van der Waals surface area contributed by atoms with E-state index in [0.29, 0.717) is 22.7 Å². The van der Waals surface area contributed by atoms with Gasteiger partial charge in [-0.2, -0.15) is 0 Å². The Morgan fingerprint density at radius 2 is 2.20 bits per heavy atom. The minimum Gasteiger partial charge on any atom is -0.497 e. The molecule has 1 aromatic carbocycles. The number of benzene rings is 1. The van der Waals surface area contributed by atoms with E-state index >= 15 is 0 Å². The van der Waals surface area contributed by atoms with Gasteiger partial charge in [0.2, 0.25) is 6.41 Å². The second-order valence-corrected chi connectivity index (χ2v) is 3.98. The van der Waals surface area contributed by atoms with E-state index in [1.54, 1.807) is 25.2 Å². The van der Waals surface area contributed by atoms with Crippen LogP contribution >= 0.6 is 0 Å². The van der Waals surface area contributed by atoms with Gasteiger partial charge < -0.3 is 10.1 Å². The first-order valence-electron chi connectivity index (χ1n) is 4.20. The van der Waals surface area contributed by atoms with Crippen LogP contribution in [0.5, 0.6) is 5.75 Å². The predicted octanol–water partition coefficient (Wildman–Crippen LogP) is 0.505. The van der Waals surface area contributed by atoms with Gasteiger partial charge in [0.1, 0.15) is 16.7 Å². The molecule has 0 bridgehead atoms. The average molecular weight is 228 g/mol. The highest BCUT2D eigenvalue weighted by Crippen LogP contribution is 2.23. The summed E-state index contributed by atoms with van der Waals surface area (Å²) < 4.78 is 19.2. The average Bonchev–Trinajstić information content (AvgIpc) is 2.29. The number of carbonyl (C=O) groups is 1. The Balaban J connectivity index is 3.15. The van der Waals surface area contributed by atoms with Gasteiger partial charge in [0.05, 0.1) is 17.7 Å². The van der Waals surface area contributed by atoms with Crippen LogP contribution in [0.4, 0.5) is 5.69 Å². The Morgan fingerprint density at radius 1 is 1.47 bits per heavy atom. The number of rotatable bonds is 5. The predicted molar refractivity (Wildman–Crippen MR) is 58.1 cm³/mol. The van der Waals surface area contributed by atoms with Crippen LogP contribution in [0.2, 0.25) is 0 Å². The molecule has 0 aliphatic carbocycles. The lowest BCUT2D eigenvalue weighted by atomic mass is 10.3. The molecule has 0 fully saturated rings. The lowest BCUT2D eigenvalue weighted by Crippen LogP contribution is -2.13. The van der Waals surface area contributed by atoms with Crippen molar-refractivity contribution >= 4 is 23.1 Å². The molecule has 6 heteroatoms. The lowest BCUT2D eigenvalue weighted by molar-refractivity contribution is -0.105.